The van der Waals surface area contributed by atoms with Gasteiger partial charge in [0.1, 0.15) is 5.82 Å². The van der Waals surface area contributed by atoms with Crippen molar-refractivity contribution < 1.29 is 14.7 Å². The summed E-state index contributed by atoms with van der Waals surface area (Å²) >= 11 is 0. The van der Waals surface area contributed by atoms with Crippen LogP contribution in [0.1, 0.15) is 19.4 Å². The molecule has 2 unspecified atom stereocenters. The Morgan fingerprint density at radius 3 is 2.27 bits per heavy atom. The van der Waals surface area contributed by atoms with Crippen LogP contribution in [0.3, 0.4) is 0 Å². The number of hydrogen-bond donors (Lipinski definition) is 4. The van der Waals surface area contributed by atoms with Gasteiger partial charge in [0.05, 0.1) is 17.8 Å². The van der Waals surface area contributed by atoms with E-state index in [1.54, 1.807) is 35.9 Å². The lowest BCUT2D eigenvalue weighted by Crippen LogP contribution is -2.58. The van der Waals surface area contributed by atoms with Crippen molar-refractivity contribution in [2.45, 2.75) is 31.8 Å². The lowest BCUT2D eigenvalue weighted by atomic mass is 10.1. The molecule has 4 atom stereocenters. The standard InChI is InChI=1S/C28H40N8O4/c1-28(2,30)25(38)34-11-13-35(14-12-34)26(39)31-23-8-10-36(27(40)32-23)19-5-3-18(4-6-19)7-9-33-15-20-21(16-33)24(20)22(29)17-37/h3-6,8,10,20-22,24,37H,7,9,11-17,29-30H2,1-2H3,(H,31,32,39,40)/t20-,21+,22?,24?. The van der Waals surface area contributed by atoms with Gasteiger partial charge in [0.25, 0.3) is 0 Å². The highest BCUT2D eigenvalue weighted by Crippen LogP contribution is 2.52. The predicted molar refractivity (Wildman–Crippen MR) is 151 cm³/mol. The molecule has 2 aromatic rings. The van der Waals surface area contributed by atoms with Crippen LogP contribution in [-0.4, -0.2) is 105 Å². The average Bonchev–Trinajstić information content (AvgIpc) is 3.44. The van der Waals surface area contributed by atoms with Crippen LogP contribution in [0.5, 0.6) is 0 Å². The van der Waals surface area contributed by atoms with Crippen molar-refractivity contribution in [3.63, 3.8) is 0 Å². The second-order valence-corrected chi connectivity index (χ2v) is 11.8. The molecule has 1 saturated carbocycles. The Kier molecular flexibility index (Phi) is 7.96. The fourth-order valence-electron chi connectivity index (χ4n) is 6.09. The van der Waals surface area contributed by atoms with E-state index in [1.807, 2.05) is 24.3 Å². The number of anilines is 1. The van der Waals surface area contributed by atoms with E-state index in [0.717, 1.165) is 26.1 Å². The Bertz CT molecular complexity index is 1270. The van der Waals surface area contributed by atoms with Crippen LogP contribution in [-0.2, 0) is 11.2 Å². The molecule has 2 saturated heterocycles. The fraction of sp³-hybridized carbons (Fsp3) is 0.571. The first-order chi connectivity index (χ1) is 19.0. The highest BCUT2D eigenvalue weighted by molar-refractivity contribution is 5.89. The number of rotatable bonds is 8. The van der Waals surface area contributed by atoms with Gasteiger partial charge in [-0.25, -0.2) is 9.59 Å². The molecule has 0 radical (unpaired) electrons. The smallest absolute Gasteiger partial charge is 0.354 e. The van der Waals surface area contributed by atoms with Gasteiger partial charge in [-0.15, -0.1) is 0 Å². The first-order valence-electron chi connectivity index (χ1n) is 14.0. The molecule has 0 bridgehead atoms. The van der Waals surface area contributed by atoms with Crippen LogP contribution in [0.15, 0.2) is 41.3 Å². The molecule has 1 aliphatic carbocycles. The van der Waals surface area contributed by atoms with Gasteiger partial charge < -0.3 is 31.3 Å². The van der Waals surface area contributed by atoms with E-state index < -0.39 is 11.2 Å². The number of carbonyl (C=O) groups is 2. The third-order valence-electron chi connectivity index (χ3n) is 8.42. The Hall–Kier alpha value is -3.32. The third kappa shape index (κ3) is 6.04. The minimum absolute atomic E-state index is 0.0659. The number of benzene rings is 1. The Balaban J connectivity index is 1.10. The minimum atomic E-state index is -0.951. The molecule has 2 aliphatic heterocycles. The predicted octanol–water partition coefficient (Wildman–Crippen LogP) is -0.314. The normalized spacial score (nSPS) is 23.6. The zero-order valence-electron chi connectivity index (χ0n) is 23.2. The van der Waals surface area contributed by atoms with Crippen LogP contribution in [0.2, 0.25) is 0 Å². The molecule has 3 aliphatic rings. The van der Waals surface area contributed by atoms with Crippen LogP contribution in [0.4, 0.5) is 10.6 Å². The molecular formula is C28H40N8O4. The topological polar surface area (TPSA) is 163 Å². The van der Waals surface area contributed by atoms with E-state index in [-0.39, 0.29) is 30.4 Å². The number of piperazine rings is 1. The highest BCUT2D eigenvalue weighted by atomic mass is 16.3. The molecular weight excluding hydrogens is 512 g/mol. The summed E-state index contributed by atoms with van der Waals surface area (Å²) in [6.07, 6.45) is 2.52. The molecule has 6 N–H and O–H groups in total. The number of nitrogens with two attached hydrogens (primary N) is 2. The number of carbonyl (C=O) groups excluding carboxylic acids is 2. The summed E-state index contributed by atoms with van der Waals surface area (Å²) in [6.45, 7) is 8.01. The minimum Gasteiger partial charge on any atom is -0.395 e. The van der Waals surface area contributed by atoms with E-state index in [9.17, 15) is 19.5 Å². The molecule has 12 heteroatoms. The molecule has 1 aromatic heterocycles. The second-order valence-electron chi connectivity index (χ2n) is 11.8. The molecule has 3 fully saturated rings. The molecule has 40 heavy (non-hydrogen) atoms. The Morgan fingerprint density at radius 2 is 1.70 bits per heavy atom. The zero-order chi connectivity index (χ0) is 28.6. The number of aromatic nitrogens is 2. The summed E-state index contributed by atoms with van der Waals surface area (Å²) in [7, 11) is 0. The fourth-order valence-corrected chi connectivity index (χ4v) is 6.09. The van der Waals surface area contributed by atoms with Crippen LogP contribution >= 0.6 is 0 Å². The van der Waals surface area contributed by atoms with Crippen molar-refractivity contribution in [1.29, 1.82) is 0 Å². The average molecular weight is 553 g/mol. The Morgan fingerprint density at radius 1 is 1.07 bits per heavy atom. The lowest BCUT2D eigenvalue weighted by Gasteiger charge is -2.37. The number of nitrogens with zero attached hydrogens (tertiary/aromatic N) is 5. The van der Waals surface area contributed by atoms with E-state index in [1.165, 1.54) is 10.1 Å². The number of aliphatic hydroxyl groups excluding tert-OH is 1. The highest BCUT2D eigenvalue weighted by Gasteiger charge is 2.57. The number of aliphatic hydroxyl groups is 1. The van der Waals surface area contributed by atoms with Crippen molar-refractivity contribution in [3.8, 4) is 5.69 Å². The maximum absolute atomic E-state index is 12.7. The molecule has 1 aromatic carbocycles. The van der Waals surface area contributed by atoms with Gasteiger partial charge in [-0.05, 0) is 61.8 Å². The van der Waals surface area contributed by atoms with Gasteiger partial charge in [0, 0.05) is 58.1 Å². The van der Waals surface area contributed by atoms with Crippen molar-refractivity contribution in [2.75, 3.05) is 57.7 Å². The summed E-state index contributed by atoms with van der Waals surface area (Å²) in [6, 6.07) is 8.99. The second kappa shape index (κ2) is 11.3. The van der Waals surface area contributed by atoms with Gasteiger partial charge >= 0.3 is 11.7 Å². The maximum atomic E-state index is 12.7. The van der Waals surface area contributed by atoms with Gasteiger partial charge in [0.15, 0.2) is 0 Å². The number of nitrogens with one attached hydrogen (secondary N) is 1. The molecule has 5 rings (SSSR count). The van der Waals surface area contributed by atoms with Crippen molar-refractivity contribution in [2.24, 2.45) is 29.2 Å². The third-order valence-corrected chi connectivity index (χ3v) is 8.42. The molecule has 3 heterocycles. The zero-order valence-corrected chi connectivity index (χ0v) is 23.2. The summed E-state index contributed by atoms with van der Waals surface area (Å²) < 4.78 is 1.44. The van der Waals surface area contributed by atoms with Crippen LogP contribution in [0, 0.1) is 17.8 Å². The largest absolute Gasteiger partial charge is 0.395 e. The summed E-state index contributed by atoms with van der Waals surface area (Å²) in [5.41, 5.74) is 12.4. The van der Waals surface area contributed by atoms with E-state index in [4.69, 9.17) is 11.5 Å². The van der Waals surface area contributed by atoms with E-state index in [2.05, 4.69) is 15.2 Å². The number of amides is 3. The first-order valence-corrected chi connectivity index (χ1v) is 14.0. The van der Waals surface area contributed by atoms with Gasteiger partial charge in [-0.2, -0.15) is 4.98 Å². The number of hydrogen-bond acceptors (Lipinski definition) is 8. The monoisotopic (exact) mass is 552 g/mol. The van der Waals surface area contributed by atoms with Crippen molar-refractivity contribution >= 4 is 17.8 Å². The van der Waals surface area contributed by atoms with Crippen molar-refractivity contribution in [1.82, 2.24) is 24.3 Å². The van der Waals surface area contributed by atoms with E-state index >= 15 is 0 Å². The maximum Gasteiger partial charge on any atom is 0.354 e. The molecule has 216 valence electrons. The first kappa shape index (κ1) is 28.2. The van der Waals surface area contributed by atoms with E-state index in [0.29, 0.717) is 49.6 Å². The Labute approximate surface area is 233 Å². The van der Waals surface area contributed by atoms with Crippen LogP contribution < -0.4 is 22.5 Å². The number of likely N-dealkylation sites (tertiary alicyclic amines) is 1. The molecule has 3 amide bonds. The summed E-state index contributed by atoms with van der Waals surface area (Å²) in [4.78, 5) is 47.5. The number of piperidine rings is 1. The quantitative estimate of drug-likeness (QED) is 0.346. The number of urea groups is 1. The molecule has 0 spiro atoms. The van der Waals surface area contributed by atoms with Crippen LogP contribution in [0.25, 0.3) is 5.69 Å². The van der Waals surface area contributed by atoms with Gasteiger partial charge in [-0.3, -0.25) is 14.7 Å². The van der Waals surface area contributed by atoms with Crippen molar-refractivity contribution in [3.05, 3.63) is 52.6 Å². The van der Waals surface area contributed by atoms with Gasteiger partial charge in [0.2, 0.25) is 5.91 Å². The summed E-state index contributed by atoms with van der Waals surface area (Å²) in [5, 5.41) is 12.0. The van der Waals surface area contributed by atoms with Gasteiger partial charge in [-0.1, -0.05) is 12.1 Å². The summed E-state index contributed by atoms with van der Waals surface area (Å²) in [5.74, 6) is 1.76. The SMILES string of the molecule is CC(C)(N)C(=O)N1CCN(C(=O)Nc2ccn(-c3ccc(CCN4C[C@@H]5C(C(N)CO)[C@@H]5C4)cc3)c(=O)n2)CC1. The lowest BCUT2D eigenvalue weighted by molar-refractivity contribution is -0.137. The number of fused-ring (bicyclic) bond motifs is 1. The molecule has 12 nitrogen and oxygen atoms in total.